The fourth-order valence-electron chi connectivity index (χ4n) is 1.70. The molecular weight excluding hydrogens is 206 g/mol. The van der Waals surface area contributed by atoms with E-state index in [0.717, 1.165) is 30.1 Å². The van der Waals surface area contributed by atoms with E-state index in [4.69, 9.17) is 17.0 Å². The zero-order chi connectivity index (χ0) is 10.5. The molecule has 0 aromatic heterocycles. The van der Waals surface area contributed by atoms with Crippen LogP contribution < -0.4 is 5.32 Å². The minimum absolute atomic E-state index is 0.340. The van der Waals surface area contributed by atoms with Crippen LogP contribution >= 0.6 is 12.2 Å². The summed E-state index contributed by atoms with van der Waals surface area (Å²) in [6.45, 7) is 1.72. The number of hydrogen-bond acceptors (Lipinski definition) is 2. The van der Waals surface area contributed by atoms with E-state index in [2.05, 4.69) is 5.32 Å². The lowest BCUT2D eigenvalue weighted by Crippen LogP contribution is -2.30. The first kappa shape index (κ1) is 10.6. The number of benzene rings is 1. The highest BCUT2D eigenvalue weighted by atomic mass is 32.1. The van der Waals surface area contributed by atoms with Gasteiger partial charge >= 0.3 is 0 Å². The maximum Gasteiger partial charge on any atom is 0.106 e. The minimum Gasteiger partial charge on any atom is -0.376 e. The molecule has 1 aromatic carbocycles. The zero-order valence-electron chi connectivity index (χ0n) is 8.61. The molecule has 1 N–H and O–H groups in total. The van der Waals surface area contributed by atoms with Gasteiger partial charge in [-0.25, -0.2) is 0 Å². The molecule has 1 aromatic rings. The maximum atomic E-state index is 5.52. The Labute approximate surface area is 95.6 Å². The van der Waals surface area contributed by atoms with Crippen LogP contribution in [0.3, 0.4) is 0 Å². The lowest BCUT2D eigenvalue weighted by molar-refractivity contribution is 0.114. The van der Waals surface area contributed by atoms with E-state index in [9.17, 15) is 0 Å². The summed E-state index contributed by atoms with van der Waals surface area (Å²) < 4.78 is 5.52. The second-order valence-corrected chi connectivity index (χ2v) is 4.12. The van der Waals surface area contributed by atoms with E-state index in [1.807, 2.05) is 30.3 Å². The Morgan fingerprint density at radius 2 is 2.20 bits per heavy atom. The SMILES string of the molecule is S=C(NC[C@H]1CCCO1)c1ccccc1. The highest BCUT2D eigenvalue weighted by molar-refractivity contribution is 7.80. The largest absolute Gasteiger partial charge is 0.376 e. The Morgan fingerprint density at radius 1 is 1.40 bits per heavy atom. The first-order valence-electron chi connectivity index (χ1n) is 5.31. The van der Waals surface area contributed by atoms with Crippen molar-refractivity contribution in [1.82, 2.24) is 5.32 Å². The zero-order valence-corrected chi connectivity index (χ0v) is 9.43. The van der Waals surface area contributed by atoms with Gasteiger partial charge in [-0.3, -0.25) is 0 Å². The van der Waals surface area contributed by atoms with Crippen LogP contribution in [0.25, 0.3) is 0 Å². The summed E-state index contributed by atoms with van der Waals surface area (Å²) in [4.78, 5) is 0.811. The maximum absolute atomic E-state index is 5.52. The summed E-state index contributed by atoms with van der Waals surface area (Å²) in [5, 5.41) is 3.25. The van der Waals surface area contributed by atoms with Crippen LogP contribution in [0, 0.1) is 0 Å². The van der Waals surface area contributed by atoms with Gasteiger partial charge < -0.3 is 10.1 Å². The van der Waals surface area contributed by atoms with Crippen molar-refractivity contribution in [2.45, 2.75) is 18.9 Å². The van der Waals surface area contributed by atoms with Gasteiger partial charge in [0.1, 0.15) is 4.99 Å². The van der Waals surface area contributed by atoms with Crippen LogP contribution in [-0.4, -0.2) is 24.2 Å². The molecule has 0 saturated carbocycles. The molecule has 0 aliphatic carbocycles. The van der Waals surface area contributed by atoms with E-state index in [1.165, 1.54) is 6.42 Å². The van der Waals surface area contributed by atoms with Gasteiger partial charge in [-0.2, -0.15) is 0 Å². The van der Waals surface area contributed by atoms with Crippen LogP contribution in [0.5, 0.6) is 0 Å². The summed E-state index contributed by atoms with van der Waals surface area (Å²) in [6, 6.07) is 10.0. The van der Waals surface area contributed by atoms with Crippen LogP contribution in [0.15, 0.2) is 30.3 Å². The molecular formula is C12H15NOS. The minimum atomic E-state index is 0.340. The van der Waals surface area contributed by atoms with Crippen LogP contribution in [0.4, 0.5) is 0 Å². The molecule has 15 heavy (non-hydrogen) atoms. The van der Waals surface area contributed by atoms with Crippen LogP contribution in [0.2, 0.25) is 0 Å². The predicted molar refractivity (Wildman–Crippen MR) is 65.1 cm³/mol. The second-order valence-electron chi connectivity index (χ2n) is 3.71. The Hall–Kier alpha value is -0.930. The molecule has 1 heterocycles. The lowest BCUT2D eigenvalue weighted by Gasteiger charge is -2.12. The van der Waals surface area contributed by atoms with Crippen molar-refractivity contribution >= 4 is 17.2 Å². The average Bonchev–Trinajstić information content (AvgIpc) is 2.80. The quantitative estimate of drug-likeness (QED) is 0.790. The molecule has 0 spiro atoms. The fraction of sp³-hybridized carbons (Fsp3) is 0.417. The molecule has 1 aliphatic heterocycles. The molecule has 0 bridgehead atoms. The molecule has 3 heteroatoms. The van der Waals surface area contributed by atoms with Gasteiger partial charge in [-0.05, 0) is 12.8 Å². The van der Waals surface area contributed by atoms with Gasteiger partial charge in [0.15, 0.2) is 0 Å². The van der Waals surface area contributed by atoms with Gasteiger partial charge in [-0.15, -0.1) is 0 Å². The number of hydrogen-bond donors (Lipinski definition) is 1. The topological polar surface area (TPSA) is 21.3 Å². The number of ether oxygens (including phenoxy) is 1. The Morgan fingerprint density at radius 3 is 2.87 bits per heavy atom. The number of thiocarbonyl (C=S) groups is 1. The van der Waals surface area contributed by atoms with Gasteiger partial charge in [0, 0.05) is 18.7 Å². The van der Waals surface area contributed by atoms with Crippen molar-refractivity contribution in [3.63, 3.8) is 0 Å². The molecule has 2 nitrogen and oxygen atoms in total. The average molecular weight is 221 g/mol. The summed E-state index contributed by atoms with van der Waals surface area (Å²) in [6.07, 6.45) is 2.65. The van der Waals surface area contributed by atoms with Crippen molar-refractivity contribution < 1.29 is 4.74 Å². The molecule has 1 aliphatic rings. The monoisotopic (exact) mass is 221 g/mol. The van der Waals surface area contributed by atoms with Gasteiger partial charge in [0.05, 0.1) is 6.10 Å². The highest BCUT2D eigenvalue weighted by Crippen LogP contribution is 2.11. The van der Waals surface area contributed by atoms with Crippen molar-refractivity contribution in [2.75, 3.05) is 13.2 Å². The molecule has 0 amide bonds. The molecule has 1 atom stereocenters. The van der Waals surface area contributed by atoms with Crippen molar-refractivity contribution in [1.29, 1.82) is 0 Å². The fourth-order valence-corrected chi connectivity index (χ4v) is 1.92. The van der Waals surface area contributed by atoms with Crippen LogP contribution in [0.1, 0.15) is 18.4 Å². The molecule has 0 radical (unpaired) electrons. The number of nitrogens with one attached hydrogen (secondary N) is 1. The third-order valence-corrected chi connectivity index (χ3v) is 2.93. The third-order valence-electron chi connectivity index (χ3n) is 2.55. The molecule has 1 fully saturated rings. The standard InChI is InChI=1S/C12H15NOS/c15-12(10-5-2-1-3-6-10)13-9-11-7-4-8-14-11/h1-3,5-6,11H,4,7-9H2,(H,13,15)/t11-/m1/s1. The molecule has 1 saturated heterocycles. The van der Waals surface area contributed by atoms with Crippen LogP contribution in [-0.2, 0) is 4.74 Å². The van der Waals surface area contributed by atoms with E-state index >= 15 is 0 Å². The van der Waals surface area contributed by atoms with Gasteiger partial charge in [0.25, 0.3) is 0 Å². The van der Waals surface area contributed by atoms with Crippen molar-refractivity contribution in [2.24, 2.45) is 0 Å². The van der Waals surface area contributed by atoms with Gasteiger partial charge in [-0.1, -0.05) is 42.5 Å². The number of rotatable bonds is 3. The molecule has 0 unspecified atom stereocenters. The van der Waals surface area contributed by atoms with E-state index in [1.54, 1.807) is 0 Å². The first-order valence-corrected chi connectivity index (χ1v) is 5.72. The normalized spacial score (nSPS) is 20.1. The van der Waals surface area contributed by atoms with E-state index in [0.29, 0.717) is 6.10 Å². The van der Waals surface area contributed by atoms with Crippen molar-refractivity contribution in [3.05, 3.63) is 35.9 Å². The first-order chi connectivity index (χ1) is 7.36. The summed E-state index contributed by atoms with van der Waals surface area (Å²) in [5.74, 6) is 0. The Kier molecular flexibility index (Phi) is 3.69. The van der Waals surface area contributed by atoms with Crippen molar-refractivity contribution in [3.8, 4) is 0 Å². The van der Waals surface area contributed by atoms with E-state index < -0.39 is 0 Å². The summed E-state index contributed by atoms with van der Waals surface area (Å²) in [5.41, 5.74) is 1.07. The Bertz CT molecular complexity index is 320. The molecule has 2 rings (SSSR count). The lowest BCUT2D eigenvalue weighted by atomic mass is 10.2. The third kappa shape index (κ3) is 3.01. The second kappa shape index (κ2) is 5.24. The smallest absolute Gasteiger partial charge is 0.106 e. The highest BCUT2D eigenvalue weighted by Gasteiger charge is 2.15. The van der Waals surface area contributed by atoms with Gasteiger partial charge in [0.2, 0.25) is 0 Å². The molecule has 80 valence electrons. The van der Waals surface area contributed by atoms with E-state index in [-0.39, 0.29) is 0 Å². The summed E-state index contributed by atoms with van der Waals surface area (Å²) >= 11 is 5.29. The predicted octanol–water partition coefficient (Wildman–Crippen LogP) is 2.13. The summed E-state index contributed by atoms with van der Waals surface area (Å²) in [7, 11) is 0. The Balaban J connectivity index is 1.82.